The highest BCUT2D eigenvalue weighted by molar-refractivity contribution is 7.29. The Kier molecular flexibility index (Phi) is 3.23. The molecule has 3 aromatic rings. The van der Waals surface area contributed by atoms with Crippen LogP contribution >= 0.6 is 22.7 Å². The zero-order chi connectivity index (χ0) is 12.5. The minimum Gasteiger partial charge on any atom is -0.139 e. The first-order valence-corrected chi connectivity index (χ1v) is 8.05. The third-order valence-electron chi connectivity index (χ3n) is 3.25. The van der Waals surface area contributed by atoms with Gasteiger partial charge in [-0.05, 0) is 36.1 Å². The lowest BCUT2D eigenvalue weighted by molar-refractivity contribution is 1.14. The Morgan fingerprint density at radius 2 is 1.56 bits per heavy atom. The zero-order valence-corrected chi connectivity index (χ0v) is 12.3. The van der Waals surface area contributed by atoms with Gasteiger partial charge in [0.1, 0.15) is 0 Å². The third kappa shape index (κ3) is 2.11. The van der Waals surface area contributed by atoms with Crippen molar-refractivity contribution in [2.24, 2.45) is 0 Å². The smallest absolute Gasteiger partial charge is 0.0460 e. The van der Waals surface area contributed by atoms with Gasteiger partial charge >= 0.3 is 0 Å². The van der Waals surface area contributed by atoms with Crippen LogP contribution in [0.4, 0.5) is 0 Å². The van der Waals surface area contributed by atoms with Gasteiger partial charge in [0.2, 0.25) is 0 Å². The average molecular weight is 272 g/mol. The maximum Gasteiger partial charge on any atom is 0.0460 e. The molecule has 1 aromatic carbocycles. The van der Waals surface area contributed by atoms with Crippen molar-refractivity contribution in [1.29, 1.82) is 0 Å². The van der Waals surface area contributed by atoms with E-state index in [1.165, 1.54) is 30.3 Å². The van der Waals surface area contributed by atoms with Crippen molar-refractivity contribution in [2.45, 2.75) is 26.7 Å². The lowest BCUT2D eigenvalue weighted by atomic mass is 10.1. The summed E-state index contributed by atoms with van der Waals surface area (Å²) in [5, 5.41) is 0. The molecule has 0 atom stereocenters. The summed E-state index contributed by atoms with van der Waals surface area (Å²) in [5.41, 5.74) is 2.75. The van der Waals surface area contributed by atoms with E-state index in [1.54, 1.807) is 0 Å². The van der Waals surface area contributed by atoms with Gasteiger partial charge in [-0.1, -0.05) is 38.1 Å². The van der Waals surface area contributed by atoms with Gasteiger partial charge in [0.05, 0.1) is 0 Å². The van der Waals surface area contributed by atoms with E-state index in [0.717, 1.165) is 12.8 Å². The molecule has 2 heterocycles. The molecule has 18 heavy (non-hydrogen) atoms. The molecule has 0 saturated heterocycles. The molecule has 0 unspecified atom stereocenters. The summed E-state index contributed by atoms with van der Waals surface area (Å²) in [6.07, 6.45) is 2.26. The molecule has 0 saturated carbocycles. The summed E-state index contributed by atoms with van der Waals surface area (Å²) < 4.78 is 2.87. The van der Waals surface area contributed by atoms with Crippen molar-refractivity contribution < 1.29 is 0 Å². The van der Waals surface area contributed by atoms with Gasteiger partial charge in [0.15, 0.2) is 0 Å². The molecule has 0 bridgehead atoms. The van der Waals surface area contributed by atoms with Gasteiger partial charge in [-0.2, -0.15) is 0 Å². The summed E-state index contributed by atoms with van der Waals surface area (Å²) in [6.45, 7) is 4.42. The molecule has 0 N–H and O–H groups in total. The van der Waals surface area contributed by atoms with Crippen molar-refractivity contribution >= 4 is 32.1 Å². The topological polar surface area (TPSA) is 0 Å². The molecule has 0 aliphatic rings. The van der Waals surface area contributed by atoms with Crippen molar-refractivity contribution in [3.05, 3.63) is 46.8 Å². The maximum absolute atomic E-state index is 2.34. The Bertz CT molecular complexity index is 625. The highest BCUT2D eigenvalue weighted by Crippen LogP contribution is 2.38. The summed E-state index contributed by atoms with van der Waals surface area (Å²) in [4.78, 5) is 2.88. The van der Waals surface area contributed by atoms with E-state index in [1.807, 2.05) is 22.7 Å². The van der Waals surface area contributed by atoms with Gasteiger partial charge in [-0.25, -0.2) is 0 Å². The van der Waals surface area contributed by atoms with E-state index in [0.29, 0.717) is 0 Å². The SMILES string of the molecule is CCc1ccc(-c2cc3sc(CC)cc3s2)cc1. The average Bonchev–Trinajstić information content (AvgIpc) is 2.96. The van der Waals surface area contributed by atoms with Crippen LogP contribution in [-0.2, 0) is 12.8 Å². The summed E-state index contributed by atoms with van der Waals surface area (Å²) in [7, 11) is 0. The minimum absolute atomic E-state index is 1.11. The van der Waals surface area contributed by atoms with E-state index in [2.05, 4.69) is 50.2 Å². The van der Waals surface area contributed by atoms with Crippen LogP contribution in [-0.4, -0.2) is 0 Å². The fourth-order valence-corrected chi connectivity index (χ4v) is 4.47. The predicted octanol–water partition coefficient (Wildman–Crippen LogP) is 5.75. The van der Waals surface area contributed by atoms with Crippen molar-refractivity contribution in [1.82, 2.24) is 0 Å². The fourth-order valence-electron chi connectivity index (χ4n) is 2.11. The lowest BCUT2D eigenvalue weighted by Gasteiger charge is -1.99. The van der Waals surface area contributed by atoms with E-state index in [9.17, 15) is 0 Å². The Hall–Kier alpha value is -1.12. The first-order chi connectivity index (χ1) is 8.80. The lowest BCUT2D eigenvalue weighted by Crippen LogP contribution is -1.78. The van der Waals surface area contributed by atoms with Gasteiger partial charge in [-0.3, -0.25) is 0 Å². The number of hydrogen-bond donors (Lipinski definition) is 0. The summed E-state index contributed by atoms with van der Waals surface area (Å²) in [6, 6.07) is 13.6. The van der Waals surface area contributed by atoms with E-state index < -0.39 is 0 Å². The molecule has 92 valence electrons. The van der Waals surface area contributed by atoms with Crippen LogP contribution in [0.25, 0.3) is 19.8 Å². The first kappa shape index (κ1) is 11.9. The molecule has 0 fully saturated rings. The van der Waals surface area contributed by atoms with Crippen LogP contribution < -0.4 is 0 Å². The summed E-state index contributed by atoms with van der Waals surface area (Å²) >= 11 is 3.84. The van der Waals surface area contributed by atoms with Crippen LogP contribution in [0.2, 0.25) is 0 Å². The molecular formula is C16H16S2. The number of rotatable bonds is 3. The third-order valence-corrected chi connectivity index (χ3v) is 5.74. The largest absolute Gasteiger partial charge is 0.139 e. The Morgan fingerprint density at radius 1 is 0.833 bits per heavy atom. The molecule has 2 aromatic heterocycles. The standard InChI is InChI=1S/C16H16S2/c1-3-11-5-7-12(8-6-11)14-10-16-15(18-14)9-13(4-2)17-16/h5-10H,3-4H2,1-2H3. The maximum atomic E-state index is 2.34. The monoisotopic (exact) mass is 272 g/mol. The molecular weight excluding hydrogens is 256 g/mol. The van der Waals surface area contributed by atoms with Gasteiger partial charge in [-0.15, -0.1) is 22.7 Å². The fraction of sp³-hybridized carbons (Fsp3) is 0.250. The molecule has 0 spiro atoms. The van der Waals surface area contributed by atoms with Crippen LogP contribution in [0.15, 0.2) is 36.4 Å². The number of thiophene rings is 2. The second-order valence-corrected chi connectivity index (χ2v) is 6.71. The van der Waals surface area contributed by atoms with Crippen molar-refractivity contribution in [3.8, 4) is 10.4 Å². The number of aryl methyl sites for hydroxylation is 2. The number of benzene rings is 1. The van der Waals surface area contributed by atoms with E-state index >= 15 is 0 Å². The van der Waals surface area contributed by atoms with Gasteiger partial charge in [0.25, 0.3) is 0 Å². The van der Waals surface area contributed by atoms with E-state index in [-0.39, 0.29) is 0 Å². The Balaban J connectivity index is 1.99. The molecule has 3 rings (SSSR count). The number of fused-ring (bicyclic) bond motifs is 1. The second kappa shape index (κ2) is 4.87. The highest BCUT2D eigenvalue weighted by Gasteiger charge is 2.07. The second-order valence-electron chi connectivity index (χ2n) is 4.46. The summed E-state index contributed by atoms with van der Waals surface area (Å²) in [5.74, 6) is 0. The van der Waals surface area contributed by atoms with Gasteiger partial charge < -0.3 is 0 Å². The zero-order valence-electron chi connectivity index (χ0n) is 10.7. The normalized spacial score (nSPS) is 11.2. The van der Waals surface area contributed by atoms with Crippen molar-refractivity contribution in [2.75, 3.05) is 0 Å². The first-order valence-electron chi connectivity index (χ1n) is 6.41. The molecule has 0 amide bonds. The Labute approximate surface area is 116 Å². The van der Waals surface area contributed by atoms with Crippen LogP contribution in [0.5, 0.6) is 0 Å². The predicted molar refractivity (Wildman–Crippen MR) is 83.9 cm³/mol. The molecule has 0 aliphatic heterocycles. The molecule has 0 aliphatic carbocycles. The minimum atomic E-state index is 1.11. The molecule has 0 nitrogen and oxygen atoms in total. The van der Waals surface area contributed by atoms with Crippen molar-refractivity contribution in [3.63, 3.8) is 0 Å². The van der Waals surface area contributed by atoms with Crippen LogP contribution in [0.3, 0.4) is 0 Å². The van der Waals surface area contributed by atoms with Gasteiger partial charge in [0, 0.05) is 19.2 Å². The highest BCUT2D eigenvalue weighted by atomic mass is 32.1. The van der Waals surface area contributed by atoms with E-state index in [4.69, 9.17) is 0 Å². The molecule has 2 heteroatoms. The Morgan fingerprint density at radius 3 is 2.17 bits per heavy atom. The van der Waals surface area contributed by atoms with Crippen LogP contribution in [0, 0.1) is 0 Å². The number of hydrogen-bond acceptors (Lipinski definition) is 2. The van der Waals surface area contributed by atoms with Crippen LogP contribution in [0.1, 0.15) is 24.3 Å². The quantitative estimate of drug-likeness (QED) is 0.569. The molecule has 0 radical (unpaired) electrons.